The number of carbonyl (C=O) groups excluding carboxylic acids is 4. The lowest BCUT2D eigenvalue weighted by Gasteiger charge is -2.25. The largest absolute Gasteiger partial charge is 0.514 e. The van der Waals surface area contributed by atoms with Crippen molar-refractivity contribution in [3.63, 3.8) is 0 Å². The first-order valence-corrected chi connectivity index (χ1v) is 12.7. The molecule has 0 fully saturated rings. The predicted octanol–water partition coefficient (Wildman–Crippen LogP) is 5.09. The zero-order valence-electron chi connectivity index (χ0n) is 24.8. The smallest absolute Gasteiger partial charge is 0.458 e. The molecular formula is C28H43NO10. The Labute approximate surface area is 230 Å². The molecule has 0 spiro atoms. The molecule has 0 amide bonds. The van der Waals surface area contributed by atoms with Crippen LogP contribution in [0.15, 0.2) is 18.2 Å². The van der Waals surface area contributed by atoms with E-state index in [0.29, 0.717) is 5.56 Å². The van der Waals surface area contributed by atoms with Crippen molar-refractivity contribution < 1.29 is 47.6 Å². The molecule has 11 nitrogen and oxygen atoms in total. The van der Waals surface area contributed by atoms with E-state index < -0.39 is 59.1 Å². The highest BCUT2D eigenvalue weighted by atomic mass is 16.8. The van der Waals surface area contributed by atoms with Gasteiger partial charge in [-0.05, 0) is 100 Å². The molecule has 1 aromatic carbocycles. The lowest BCUT2D eigenvalue weighted by atomic mass is 9.97. The van der Waals surface area contributed by atoms with Gasteiger partial charge in [0.1, 0.15) is 29.5 Å². The van der Waals surface area contributed by atoms with Gasteiger partial charge in [0, 0.05) is 0 Å². The molecule has 0 aliphatic heterocycles. The third-order valence-corrected chi connectivity index (χ3v) is 4.80. The van der Waals surface area contributed by atoms with Crippen LogP contribution in [0.5, 0.6) is 11.5 Å². The van der Waals surface area contributed by atoms with Gasteiger partial charge in [0.2, 0.25) is 0 Å². The molecule has 0 radical (unpaired) electrons. The van der Waals surface area contributed by atoms with E-state index in [1.165, 1.54) is 12.1 Å². The Balaban J connectivity index is 3.02. The second kappa shape index (κ2) is 13.1. The summed E-state index contributed by atoms with van der Waals surface area (Å²) in [5, 5.41) is 0. The van der Waals surface area contributed by atoms with Gasteiger partial charge in [-0.2, -0.15) is 0 Å². The molecule has 220 valence electrons. The van der Waals surface area contributed by atoms with Crippen LogP contribution in [-0.4, -0.2) is 53.7 Å². The summed E-state index contributed by atoms with van der Waals surface area (Å²) >= 11 is 0. The average Bonchev–Trinajstić information content (AvgIpc) is 2.71. The Kier molecular flexibility index (Phi) is 11.4. The predicted molar refractivity (Wildman–Crippen MR) is 142 cm³/mol. The van der Waals surface area contributed by atoms with E-state index in [1.54, 1.807) is 82.2 Å². The standard InChI is InChI=1S/C28H43NO10/c1-16(17(2)35-23(31)26(3,4)5)34-22(30)19(29)14-18-12-13-20(36-24(32)38-27(6,7)8)21(15-18)37-25(33)39-28(9,10)11/h12-13,15-17,19H,14,29H2,1-11H3/t16-,17?,19-/m0/s1. The Morgan fingerprint density at radius 3 is 1.67 bits per heavy atom. The molecule has 11 heteroatoms. The molecule has 0 aliphatic carbocycles. The summed E-state index contributed by atoms with van der Waals surface area (Å²) in [6.07, 6.45) is -3.46. The number of ether oxygens (including phenoxy) is 6. The normalized spacial score (nSPS) is 14.4. The van der Waals surface area contributed by atoms with E-state index in [9.17, 15) is 19.2 Å². The van der Waals surface area contributed by atoms with Gasteiger partial charge in [-0.1, -0.05) is 6.07 Å². The molecule has 1 unspecified atom stereocenters. The highest BCUT2D eigenvalue weighted by Gasteiger charge is 2.30. The van der Waals surface area contributed by atoms with Crippen LogP contribution in [-0.2, 0) is 35.0 Å². The van der Waals surface area contributed by atoms with Crippen molar-refractivity contribution in [1.82, 2.24) is 0 Å². The van der Waals surface area contributed by atoms with E-state index in [-0.39, 0.29) is 17.9 Å². The number of carbonyl (C=O) groups is 4. The number of rotatable bonds is 8. The van der Waals surface area contributed by atoms with Gasteiger partial charge < -0.3 is 34.2 Å². The first kappa shape index (κ1) is 33.7. The Morgan fingerprint density at radius 1 is 0.744 bits per heavy atom. The molecule has 0 bridgehead atoms. The van der Waals surface area contributed by atoms with Crippen LogP contribution < -0.4 is 15.2 Å². The minimum Gasteiger partial charge on any atom is -0.458 e. The van der Waals surface area contributed by atoms with Gasteiger partial charge in [-0.25, -0.2) is 9.59 Å². The average molecular weight is 554 g/mol. The maximum atomic E-state index is 12.6. The topological polar surface area (TPSA) is 150 Å². The fourth-order valence-electron chi connectivity index (χ4n) is 2.71. The van der Waals surface area contributed by atoms with Crippen molar-refractivity contribution in [1.29, 1.82) is 0 Å². The van der Waals surface area contributed by atoms with Crippen LogP contribution >= 0.6 is 0 Å². The molecule has 1 rings (SSSR count). The third kappa shape index (κ3) is 12.8. The zero-order valence-corrected chi connectivity index (χ0v) is 24.8. The third-order valence-electron chi connectivity index (χ3n) is 4.80. The van der Waals surface area contributed by atoms with Crippen molar-refractivity contribution in [2.24, 2.45) is 11.1 Å². The Hall–Kier alpha value is -3.34. The highest BCUT2D eigenvalue weighted by Crippen LogP contribution is 2.31. The first-order chi connectivity index (χ1) is 17.6. The second-order valence-corrected chi connectivity index (χ2v) is 12.2. The van der Waals surface area contributed by atoms with Crippen LogP contribution in [0.2, 0.25) is 0 Å². The molecule has 2 N–H and O–H groups in total. The SMILES string of the molecule is CC(OC(=O)C(C)(C)C)[C@H](C)OC(=O)[C@@H](N)Cc1ccc(OC(=O)OC(C)(C)C)c(OC(=O)OC(C)(C)C)c1. The Morgan fingerprint density at radius 2 is 1.21 bits per heavy atom. The lowest BCUT2D eigenvalue weighted by Crippen LogP contribution is -2.40. The lowest BCUT2D eigenvalue weighted by molar-refractivity contribution is -0.171. The number of nitrogens with two attached hydrogens (primary N) is 1. The maximum Gasteiger partial charge on any atom is 0.514 e. The molecule has 0 saturated heterocycles. The summed E-state index contributed by atoms with van der Waals surface area (Å²) in [6, 6.07) is 3.23. The molecule has 0 saturated carbocycles. The van der Waals surface area contributed by atoms with Crippen LogP contribution in [0.4, 0.5) is 9.59 Å². The zero-order chi connectivity index (χ0) is 30.3. The monoisotopic (exact) mass is 553 g/mol. The van der Waals surface area contributed by atoms with Crippen molar-refractivity contribution in [3.8, 4) is 11.5 Å². The quantitative estimate of drug-likeness (QED) is 0.260. The summed E-state index contributed by atoms with van der Waals surface area (Å²) in [5.41, 5.74) is 4.21. The van der Waals surface area contributed by atoms with E-state index in [2.05, 4.69) is 0 Å². The van der Waals surface area contributed by atoms with Crippen LogP contribution in [0.25, 0.3) is 0 Å². The summed E-state index contributed by atoms with van der Waals surface area (Å²) in [4.78, 5) is 49.3. The molecule has 0 aliphatic rings. The van der Waals surface area contributed by atoms with E-state index >= 15 is 0 Å². The number of hydrogen-bond acceptors (Lipinski definition) is 11. The van der Waals surface area contributed by atoms with Crippen molar-refractivity contribution in [3.05, 3.63) is 23.8 Å². The van der Waals surface area contributed by atoms with Gasteiger partial charge >= 0.3 is 24.2 Å². The van der Waals surface area contributed by atoms with Gasteiger partial charge in [-0.15, -0.1) is 0 Å². The fraction of sp³-hybridized carbons (Fsp3) is 0.643. The number of hydrogen-bond donors (Lipinski definition) is 1. The van der Waals surface area contributed by atoms with E-state index in [0.717, 1.165) is 0 Å². The van der Waals surface area contributed by atoms with Crippen molar-refractivity contribution in [2.45, 2.75) is 112 Å². The number of esters is 2. The summed E-state index contributed by atoms with van der Waals surface area (Å²) in [5.74, 6) is -1.37. The van der Waals surface area contributed by atoms with E-state index in [4.69, 9.17) is 34.2 Å². The molecular weight excluding hydrogens is 510 g/mol. The molecule has 39 heavy (non-hydrogen) atoms. The first-order valence-electron chi connectivity index (χ1n) is 12.7. The molecule has 1 aromatic rings. The summed E-state index contributed by atoms with van der Waals surface area (Å²) in [7, 11) is 0. The van der Waals surface area contributed by atoms with Crippen LogP contribution in [0, 0.1) is 5.41 Å². The molecule has 0 heterocycles. The number of benzene rings is 1. The van der Waals surface area contributed by atoms with Crippen LogP contribution in [0.3, 0.4) is 0 Å². The minimum absolute atomic E-state index is 0.000884. The second-order valence-electron chi connectivity index (χ2n) is 12.2. The van der Waals surface area contributed by atoms with Crippen molar-refractivity contribution in [2.75, 3.05) is 0 Å². The maximum absolute atomic E-state index is 12.6. The highest BCUT2D eigenvalue weighted by molar-refractivity contribution is 5.77. The molecule has 3 atom stereocenters. The fourth-order valence-corrected chi connectivity index (χ4v) is 2.71. The van der Waals surface area contributed by atoms with E-state index in [1.807, 2.05) is 0 Å². The van der Waals surface area contributed by atoms with Gasteiger partial charge in [-0.3, -0.25) is 9.59 Å². The summed E-state index contributed by atoms with van der Waals surface area (Å²) < 4.78 is 31.7. The summed E-state index contributed by atoms with van der Waals surface area (Å²) in [6.45, 7) is 18.4. The van der Waals surface area contributed by atoms with Crippen molar-refractivity contribution >= 4 is 24.2 Å². The van der Waals surface area contributed by atoms with Crippen LogP contribution in [0.1, 0.15) is 81.7 Å². The Bertz CT molecular complexity index is 1030. The van der Waals surface area contributed by atoms with Gasteiger partial charge in [0.15, 0.2) is 11.5 Å². The van der Waals surface area contributed by atoms with Gasteiger partial charge in [0.25, 0.3) is 0 Å². The molecule has 0 aromatic heterocycles. The van der Waals surface area contributed by atoms with Gasteiger partial charge in [0.05, 0.1) is 5.41 Å². The minimum atomic E-state index is -1.09.